The lowest BCUT2D eigenvalue weighted by molar-refractivity contribution is -0.121. The van der Waals surface area contributed by atoms with E-state index in [1.54, 1.807) is 18.6 Å². The molecule has 1 aliphatic rings. The normalized spacial score (nSPS) is 16.2. The predicted octanol–water partition coefficient (Wildman–Crippen LogP) is 3.03. The number of piperidine rings is 1. The van der Waals surface area contributed by atoms with Crippen molar-refractivity contribution >= 4 is 33.3 Å². The van der Waals surface area contributed by atoms with Crippen LogP contribution in [0.4, 0.5) is 5.13 Å². The molecule has 1 fully saturated rings. The van der Waals surface area contributed by atoms with Gasteiger partial charge in [0.1, 0.15) is 0 Å². The molecule has 0 bridgehead atoms. The molecule has 6 nitrogen and oxygen atoms in total. The summed E-state index contributed by atoms with van der Waals surface area (Å²) in [6.07, 6.45) is 7.11. The number of hydrogen-bond donors (Lipinski definition) is 1. The van der Waals surface area contributed by atoms with Gasteiger partial charge < -0.3 is 10.2 Å². The van der Waals surface area contributed by atoms with Gasteiger partial charge in [-0.25, -0.2) is 9.97 Å². The molecule has 0 atom stereocenters. The number of likely N-dealkylation sites (tertiary alicyclic amines) is 1. The van der Waals surface area contributed by atoms with Crippen LogP contribution in [-0.4, -0.2) is 45.9 Å². The summed E-state index contributed by atoms with van der Waals surface area (Å²) in [6, 6.07) is 5.85. The van der Waals surface area contributed by atoms with Gasteiger partial charge in [-0.05, 0) is 51.2 Å². The lowest BCUT2D eigenvalue weighted by atomic mass is 9.96. The van der Waals surface area contributed by atoms with Crippen molar-refractivity contribution < 1.29 is 4.79 Å². The summed E-state index contributed by atoms with van der Waals surface area (Å²) in [5, 5.41) is 4.61. The van der Waals surface area contributed by atoms with Crippen LogP contribution in [0, 0.1) is 5.92 Å². The second-order valence-electron chi connectivity index (χ2n) is 6.36. The summed E-state index contributed by atoms with van der Waals surface area (Å²) >= 11 is 1.46. The Bertz CT molecular complexity index is 901. The van der Waals surface area contributed by atoms with Gasteiger partial charge >= 0.3 is 0 Å². The van der Waals surface area contributed by atoms with E-state index in [0.717, 1.165) is 47.4 Å². The zero-order chi connectivity index (χ0) is 17.2. The maximum absolute atomic E-state index is 12.4. The van der Waals surface area contributed by atoms with Gasteiger partial charge in [-0.15, -0.1) is 0 Å². The van der Waals surface area contributed by atoms with E-state index in [2.05, 4.69) is 32.2 Å². The number of aromatic nitrogens is 3. The van der Waals surface area contributed by atoms with Crippen LogP contribution < -0.4 is 5.32 Å². The minimum atomic E-state index is 0.0755. The van der Waals surface area contributed by atoms with Gasteiger partial charge in [-0.3, -0.25) is 9.78 Å². The van der Waals surface area contributed by atoms with E-state index in [4.69, 9.17) is 0 Å². The monoisotopic (exact) mass is 353 g/mol. The summed E-state index contributed by atoms with van der Waals surface area (Å²) in [5.41, 5.74) is 1.76. The highest BCUT2D eigenvalue weighted by molar-refractivity contribution is 7.19. The number of nitrogens with zero attached hydrogens (tertiary/aromatic N) is 4. The van der Waals surface area contributed by atoms with Gasteiger partial charge in [0.15, 0.2) is 5.13 Å². The largest absolute Gasteiger partial charge is 0.306 e. The quantitative estimate of drug-likeness (QED) is 0.784. The molecule has 3 aromatic rings. The SMILES string of the molecule is CN1CCC(C(=O)Nc2ncc(-c3ccc4cnccc4n3)s2)CC1. The maximum atomic E-state index is 12.4. The van der Waals surface area contributed by atoms with Crippen molar-refractivity contribution in [3.63, 3.8) is 0 Å². The second-order valence-corrected chi connectivity index (χ2v) is 7.39. The van der Waals surface area contributed by atoms with Crippen LogP contribution in [0.5, 0.6) is 0 Å². The van der Waals surface area contributed by atoms with Gasteiger partial charge in [0, 0.05) is 29.9 Å². The fourth-order valence-corrected chi connectivity index (χ4v) is 3.82. The van der Waals surface area contributed by atoms with Crippen molar-refractivity contribution in [2.45, 2.75) is 12.8 Å². The molecule has 4 rings (SSSR count). The molecule has 0 radical (unpaired) electrons. The molecule has 3 aromatic heterocycles. The zero-order valence-electron chi connectivity index (χ0n) is 14.0. The summed E-state index contributed by atoms with van der Waals surface area (Å²) in [4.78, 5) is 28.7. The molecule has 4 heterocycles. The van der Waals surface area contributed by atoms with E-state index in [1.807, 2.05) is 18.2 Å². The van der Waals surface area contributed by atoms with E-state index in [9.17, 15) is 4.79 Å². The Morgan fingerprint density at radius 2 is 2.08 bits per heavy atom. The van der Waals surface area contributed by atoms with Gasteiger partial charge in [-0.1, -0.05) is 11.3 Å². The van der Waals surface area contributed by atoms with E-state index >= 15 is 0 Å². The lowest BCUT2D eigenvalue weighted by Crippen LogP contribution is -2.35. The topological polar surface area (TPSA) is 71.0 Å². The van der Waals surface area contributed by atoms with Crippen LogP contribution in [-0.2, 0) is 4.79 Å². The Morgan fingerprint density at radius 3 is 2.92 bits per heavy atom. The summed E-state index contributed by atoms with van der Waals surface area (Å²) in [7, 11) is 2.09. The molecule has 1 aliphatic heterocycles. The number of anilines is 1. The molecule has 1 N–H and O–H groups in total. The second kappa shape index (κ2) is 6.85. The van der Waals surface area contributed by atoms with E-state index in [1.165, 1.54) is 11.3 Å². The summed E-state index contributed by atoms with van der Waals surface area (Å²) in [5.74, 6) is 0.154. The third kappa shape index (κ3) is 3.52. The average molecular weight is 353 g/mol. The lowest BCUT2D eigenvalue weighted by Gasteiger charge is -2.27. The molecule has 1 saturated heterocycles. The Morgan fingerprint density at radius 1 is 1.24 bits per heavy atom. The van der Waals surface area contributed by atoms with Crippen molar-refractivity contribution in [1.82, 2.24) is 19.9 Å². The highest BCUT2D eigenvalue weighted by Gasteiger charge is 2.24. The third-order valence-corrected chi connectivity index (χ3v) is 5.50. The number of pyridine rings is 2. The van der Waals surface area contributed by atoms with Gasteiger partial charge in [0.2, 0.25) is 5.91 Å². The predicted molar refractivity (Wildman–Crippen MR) is 99.5 cm³/mol. The minimum Gasteiger partial charge on any atom is -0.306 e. The standard InChI is InChI=1S/C18H19N5OS/c1-23-8-5-12(6-9-23)17(24)22-18-20-11-16(25-18)15-3-2-13-10-19-7-4-14(13)21-15/h2-4,7,10-12H,5-6,8-9H2,1H3,(H,20,22,24). The van der Waals surface area contributed by atoms with Crippen molar-refractivity contribution in [3.8, 4) is 10.6 Å². The number of hydrogen-bond acceptors (Lipinski definition) is 6. The Hall–Kier alpha value is -2.38. The van der Waals surface area contributed by atoms with Crippen LogP contribution in [0.25, 0.3) is 21.5 Å². The molecular formula is C18H19N5OS. The number of fused-ring (bicyclic) bond motifs is 1. The number of thiazole rings is 1. The Kier molecular flexibility index (Phi) is 4.42. The van der Waals surface area contributed by atoms with Crippen molar-refractivity contribution in [2.75, 3.05) is 25.5 Å². The molecule has 25 heavy (non-hydrogen) atoms. The van der Waals surface area contributed by atoms with Crippen LogP contribution in [0.15, 0.2) is 36.8 Å². The molecule has 0 unspecified atom stereocenters. The molecule has 0 aromatic carbocycles. The number of nitrogens with one attached hydrogen (secondary N) is 1. The van der Waals surface area contributed by atoms with E-state index < -0.39 is 0 Å². The number of rotatable bonds is 3. The van der Waals surface area contributed by atoms with Crippen LogP contribution in [0.3, 0.4) is 0 Å². The first-order valence-electron chi connectivity index (χ1n) is 8.35. The first-order valence-corrected chi connectivity index (χ1v) is 9.17. The van der Waals surface area contributed by atoms with Crippen molar-refractivity contribution in [1.29, 1.82) is 0 Å². The molecule has 0 aliphatic carbocycles. The smallest absolute Gasteiger partial charge is 0.229 e. The third-order valence-electron chi connectivity index (χ3n) is 4.57. The van der Waals surface area contributed by atoms with Crippen LogP contribution in [0.2, 0.25) is 0 Å². The highest BCUT2D eigenvalue weighted by atomic mass is 32.1. The maximum Gasteiger partial charge on any atom is 0.229 e. The van der Waals surface area contributed by atoms with E-state index in [0.29, 0.717) is 5.13 Å². The molecule has 1 amide bonds. The van der Waals surface area contributed by atoms with Gasteiger partial charge in [0.25, 0.3) is 0 Å². The van der Waals surface area contributed by atoms with E-state index in [-0.39, 0.29) is 11.8 Å². The van der Waals surface area contributed by atoms with Crippen LogP contribution >= 0.6 is 11.3 Å². The fourth-order valence-electron chi connectivity index (χ4n) is 3.03. The number of amides is 1. The first kappa shape index (κ1) is 16.1. The Labute approximate surface area is 149 Å². The zero-order valence-corrected chi connectivity index (χ0v) is 14.8. The van der Waals surface area contributed by atoms with Gasteiger partial charge in [0.05, 0.1) is 16.1 Å². The molecule has 128 valence electrons. The van der Waals surface area contributed by atoms with Crippen molar-refractivity contribution in [2.24, 2.45) is 5.92 Å². The number of carbonyl (C=O) groups is 1. The molecular weight excluding hydrogens is 334 g/mol. The molecule has 7 heteroatoms. The molecule has 0 saturated carbocycles. The minimum absolute atomic E-state index is 0.0755. The Balaban J connectivity index is 1.48. The first-order chi connectivity index (χ1) is 12.2. The molecule has 0 spiro atoms. The van der Waals surface area contributed by atoms with Crippen LogP contribution in [0.1, 0.15) is 12.8 Å². The number of carbonyl (C=O) groups excluding carboxylic acids is 1. The van der Waals surface area contributed by atoms with Crippen molar-refractivity contribution in [3.05, 3.63) is 36.8 Å². The fraction of sp³-hybridized carbons (Fsp3) is 0.333. The highest BCUT2D eigenvalue weighted by Crippen LogP contribution is 2.29. The summed E-state index contributed by atoms with van der Waals surface area (Å²) in [6.45, 7) is 1.94. The average Bonchev–Trinajstić information content (AvgIpc) is 3.10. The van der Waals surface area contributed by atoms with Gasteiger partial charge in [-0.2, -0.15) is 0 Å². The summed E-state index contributed by atoms with van der Waals surface area (Å²) < 4.78 is 0.